The van der Waals surface area contributed by atoms with Crippen LogP contribution in [0.1, 0.15) is 19.1 Å². The standard InChI is InChI=1S/C12H21N3O2/c1-2-16-9-4-7-14-12(13)15-8-6-11-5-3-10-17-11/h3,5,10H,2,4,6-9H2,1H3,(H3,13,14,15). The van der Waals surface area contributed by atoms with Crippen molar-refractivity contribution in [1.82, 2.24) is 5.32 Å². The number of nitrogens with two attached hydrogens (primary N) is 1. The van der Waals surface area contributed by atoms with Gasteiger partial charge in [0.15, 0.2) is 5.96 Å². The fourth-order valence-corrected chi connectivity index (χ4v) is 1.33. The van der Waals surface area contributed by atoms with Crippen LogP contribution in [0.3, 0.4) is 0 Å². The van der Waals surface area contributed by atoms with Crippen molar-refractivity contribution in [2.45, 2.75) is 19.8 Å². The van der Waals surface area contributed by atoms with Gasteiger partial charge in [0.2, 0.25) is 0 Å². The molecular formula is C12H21N3O2. The highest BCUT2D eigenvalue weighted by Gasteiger charge is 1.96. The Bertz CT molecular complexity index is 310. The third kappa shape index (κ3) is 6.63. The lowest BCUT2D eigenvalue weighted by atomic mass is 10.3. The molecule has 5 nitrogen and oxygen atoms in total. The predicted octanol–water partition coefficient (Wildman–Crippen LogP) is 1.15. The summed E-state index contributed by atoms with van der Waals surface area (Å²) in [6, 6.07) is 3.82. The molecular weight excluding hydrogens is 218 g/mol. The molecule has 0 aliphatic heterocycles. The molecule has 0 spiro atoms. The molecule has 0 aliphatic rings. The molecule has 0 aliphatic carbocycles. The summed E-state index contributed by atoms with van der Waals surface area (Å²) in [4.78, 5) is 4.19. The van der Waals surface area contributed by atoms with Gasteiger partial charge in [-0.05, 0) is 25.5 Å². The lowest BCUT2D eigenvalue weighted by molar-refractivity contribution is 0.146. The van der Waals surface area contributed by atoms with E-state index in [1.165, 1.54) is 0 Å². The fraction of sp³-hybridized carbons (Fsp3) is 0.583. The second kappa shape index (κ2) is 8.64. The average Bonchev–Trinajstić information content (AvgIpc) is 2.82. The molecule has 0 fully saturated rings. The molecule has 0 bridgehead atoms. The van der Waals surface area contributed by atoms with Crippen LogP contribution in [0.4, 0.5) is 0 Å². The minimum Gasteiger partial charge on any atom is -0.469 e. The highest BCUT2D eigenvalue weighted by atomic mass is 16.5. The maximum Gasteiger partial charge on any atom is 0.188 e. The summed E-state index contributed by atoms with van der Waals surface area (Å²) in [6.07, 6.45) is 3.37. The number of ether oxygens (including phenoxy) is 1. The molecule has 96 valence electrons. The second-order valence-electron chi connectivity index (χ2n) is 3.57. The molecule has 0 atom stereocenters. The minimum absolute atomic E-state index is 0.480. The molecule has 3 N–H and O–H groups in total. The highest BCUT2D eigenvalue weighted by molar-refractivity contribution is 5.77. The van der Waals surface area contributed by atoms with Gasteiger partial charge in [-0.15, -0.1) is 0 Å². The lowest BCUT2D eigenvalue weighted by Gasteiger charge is -2.04. The smallest absolute Gasteiger partial charge is 0.188 e. The summed E-state index contributed by atoms with van der Waals surface area (Å²) in [7, 11) is 0. The highest BCUT2D eigenvalue weighted by Crippen LogP contribution is 1.99. The van der Waals surface area contributed by atoms with E-state index in [-0.39, 0.29) is 0 Å². The Balaban J connectivity index is 2.03. The lowest BCUT2D eigenvalue weighted by Crippen LogP contribution is -2.33. The van der Waals surface area contributed by atoms with Crippen molar-refractivity contribution in [2.75, 3.05) is 26.3 Å². The van der Waals surface area contributed by atoms with E-state index in [1.54, 1.807) is 6.26 Å². The number of guanidine groups is 1. The van der Waals surface area contributed by atoms with Crippen molar-refractivity contribution in [3.63, 3.8) is 0 Å². The van der Waals surface area contributed by atoms with Crippen LogP contribution in [0, 0.1) is 0 Å². The molecule has 1 aromatic heterocycles. The van der Waals surface area contributed by atoms with Crippen molar-refractivity contribution in [3.05, 3.63) is 24.2 Å². The molecule has 0 amide bonds. The van der Waals surface area contributed by atoms with Gasteiger partial charge in [0.1, 0.15) is 5.76 Å². The fourth-order valence-electron chi connectivity index (χ4n) is 1.33. The van der Waals surface area contributed by atoms with Gasteiger partial charge in [-0.3, -0.25) is 4.99 Å². The molecule has 0 aromatic carbocycles. The first kappa shape index (κ1) is 13.6. The zero-order valence-corrected chi connectivity index (χ0v) is 10.3. The zero-order chi connectivity index (χ0) is 12.3. The molecule has 17 heavy (non-hydrogen) atoms. The molecule has 0 radical (unpaired) electrons. The van der Waals surface area contributed by atoms with Crippen LogP contribution in [0.5, 0.6) is 0 Å². The van der Waals surface area contributed by atoms with Crippen LogP contribution in [0.15, 0.2) is 27.8 Å². The summed E-state index contributed by atoms with van der Waals surface area (Å²) in [6.45, 7) is 4.89. The van der Waals surface area contributed by atoms with E-state index in [4.69, 9.17) is 14.9 Å². The molecule has 0 unspecified atom stereocenters. The van der Waals surface area contributed by atoms with Crippen LogP contribution in [-0.4, -0.2) is 32.3 Å². The van der Waals surface area contributed by atoms with Gasteiger partial charge in [0, 0.05) is 32.7 Å². The van der Waals surface area contributed by atoms with Crippen molar-refractivity contribution in [3.8, 4) is 0 Å². The van der Waals surface area contributed by atoms with E-state index >= 15 is 0 Å². The molecule has 0 saturated carbocycles. The summed E-state index contributed by atoms with van der Waals surface area (Å²) in [5.74, 6) is 1.43. The Morgan fingerprint density at radius 2 is 2.47 bits per heavy atom. The van der Waals surface area contributed by atoms with E-state index in [1.807, 2.05) is 19.1 Å². The monoisotopic (exact) mass is 239 g/mol. The first-order valence-corrected chi connectivity index (χ1v) is 5.97. The van der Waals surface area contributed by atoms with Gasteiger partial charge in [-0.2, -0.15) is 0 Å². The average molecular weight is 239 g/mol. The van der Waals surface area contributed by atoms with Crippen molar-refractivity contribution < 1.29 is 9.15 Å². The normalized spacial score (nSPS) is 11.7. The Morgan fingerprint density at radius 3 is 3.18 bits per heavy atom. The van der Waals surface area contributed by atoms with E-state index in [2.05, 4.69) is 10.3 Å². The third-order valence-corrected chi connectivity index (χ3v) is 2.19. The van der Waals surface area contributed by atoms with Gasteiger partial charge in [0.05, 0.1) is 6.26 Å². The Kier molecular flexibility index (Phi) is 6.90. The Labute approximate surface area is 102 Å². The van der Waals surface area contributed by atoms with Crippen LogP contribution in [0.2, 0.25) is 0 Å². The number of nitrogens with zero attached hydrogens (tertiary/aromatic N) is 1. The SMILES string of the molecule is CCOCCCN=C(N)NCCc1ccco1. The van der Waals surface area contributed by atoms with E-state index in [0.29, 0.717) is 12.5 Å². The van der Waals surface area contributed by atoms with E-state index in [9.17, 15) is 0 Å². The van der Waals surface area contributed by atoms with Gasteiger partial charge in [-0.25, -0.2) is 0 Å². The van der Waals surface area contributed by atoms with Crippen molar-refractivity contribution >= 4 is 5.96 Å². The van der Waals surface area contributed by atoms with Crippen LogP contribution in [-0.2, 0) is 11.2 Å². The Morgan fingerprint density at radius 1 is 1.59 bits per heavy atom. The number of furan rings is 1. The first-order valence-electron chi connectivity index (χ1n) is 5.97. The van der Waals surface area contributed by atoms with Crippen molar-refractivity contribution in [1.29, 1.82) is 0 Å². The topological polar surface area (TPSA) is 72.8 Å². The summed E-state index contributed by atoms with van der Waals surface area (Å²) < 4.78 is 10.4. The van der Waals surface area contributed by atoms with Gasteiger partial charge >= 0.3 is 0 Å². The van der Waals surface area contributed by atoms with Crippen molar-refractivity contribution in [2.24, 2.45) is 10.7 Å². The number of nitrogens with one attached hydrogen (secondary N) is 1. The van der Waals surface area contributed by atoms with Gasteiger partial charge < -0.3 is 20.2 Å². The number of hydrogen-bond donors (Lipinski definition) is 2. The predicted molar refractivity (Wildman–Crippen MR) is 68.0 cm³/mol. The number of hydrogen-bond acceptors (Lipinski definition) is 3. The van der Waals surface area contributed by atoms with Crippen LogP contribution < -0.4 is 11.1 Å². The molecule has 1 aromatic rings. The third-order valence-electron chi connectivity index (χ3n) is 2.19. The van der Waals surface area contributed by atoms with Gasteiger partial charge in [-0.1, -0.05) is 0 Å². The summed E-state index contributed by atoms with van der Waals surface area (Å²) in [5.41, 5.74) is 5.70. The number of rotatable bonds is 8. The molecule has 1 rings (SSSR count). The first-order chi connectivity index (χ1) is 8.33. The number of aliphatic imine (C=N–C) groups is 1. The van der Waals surface area contributed by atoms with Gasteiger partial charge in [0.25, 0.3) is 0 Å². The summed E-state index contributed by atoms with van der Waals surface area (Å²) >= 11 is 0. The Hall–Kier alpha value is -1.49. The minimum atomic E-state index is 0.480. The maximum atomic E-state index is 5.70. The molecule has 5 heteroatoms. The molecule has 0 saturated heterocycles. The van der Waals surface area contributed by atoms with Crippen LogP contribution in [0.25, 0.3) is 0 Å². The summed E-state index contributed by atoms with van der Waals surface area (Å²) in [5, 5.41) is 3.04. The van der Waals surface area contributed by atoms with E-state index in [0.717, 1.165) is 38.4 Å². The van der Waals surface area contributed by atoms with E-state index < -0.39 is 0 Å². The quantitative estimate of drug-likeness (QED) is 0.405. The zero-order valence-electron chi connectivity index (χ0n) is 10.3. The second-order valence-corrected chi connectivity index (χ2v) is 3.57. The maximum absolute atomic E-state index is 5.70. The van der Waals surface area contributed by atoms with Crippen LogP contribution >= 0.6 is 0 Å². The largest absolute Gasteiger partial charge is 0.469 e. The molecule has 1 heterocycles.